The van der Waals surface area contributed by atoms with Crippen LogP contribution < -0.4 is 10.6 Å². The SMILES string of the molecule is CCC(C)N(CCOC)c1cc(C(N)=NO)ccn1. The first-order valence-electron chi connectivity index (χ1n) is 6.33. The van der Waals surface area contributed by atoms with Crippen molar-refractivity contribution in [2.24, 2.45) is 10.9 Å². The normalized spacial score (nSPS) is 13.3. The Labute approximate surface area is 113 Å². The van der Waals surface area contributed by atoms with E-state index in [0.717, 1.165) is 18.8 Å². The summed E-state index contributed by atoms with van der Waals surface area (Å²) < 4.78 is 5.13. The lowest BCUT2D eigenvalue weighted by Crippen LogP contribution is -2.36. The van der Waals surface area contributed by atoms with Crippen molar-refractivity contribution in [2.75, 3.05) is 25.2 Å². The van der Waals surface area contributed by atoms with Crippen LogP contribution in [0.2, 0.25) is 0 Å². The Morgan fingerprint density at radius 3 is 2.95 bits per heavy atom. The Bertz CT molecular complexity index is 423. The molecular weight excluding hydrogens is 244 g/mol. The maximum atomic E-state index is 8.72. The largest absolute Gasteiger partial charge is 0.409 e. The van der Waals surface area contributed by atoms with Crippen LogP contribution in [0.15, 0.2) is 23.5 Å². The van der Waals surface area contributed by atoms with Crippen molar-refractivity contribution >= 4 is 11.7 Å². The minimum Gasteiger partial charge on any atom is -0.409 e. The quantitative estimate of drug-likeness (QED) is 0.337. The van der Waals surface area contributed by atoms with Gasteiger partial charge in [0.05, 0.1) is 6.61 Å². The monoisotopic (exact) mass is 266 g/mol. The van der Waals surface area contributed by atoms with Crippen LogP contribution in [0.1, 0.15) is 25.8 Å². The first-order valence-corrected chi connectivity index (χ1v) is 6.33. The van der Waals surface area contributed by atoms with Crippen LogP contribution in [-0.2, 0) is 4.74 Å². The average molecular weight is 266 g/mol. The lowest BCUT2D eigenvalue weighted by Gasteiger charge is -2.29. The van der Waals surface area contributed by atoms with Crippen LogP contribution in [0.4, 0.5) is 5.82 Å². The van der Waals surface area contributed by atoms with E-state index >= 15 is 0 Å². The summed E-state index contributed by atoms with van der Waals surface area (Å²) in [5.41, 5.74) is 6.25. The molecule has 1 aromatic heterocycles. The maximum Gasteiger partial charge on any atom is 0.170 e. The molecule has 1 atom stereocenters. The summed E-state index contributed by atoms with van der Waals surface area (Å²) in [6, 6.07) is 3.87. The van der Waals surface area contributed by atoms with Crippen molar-refractivity contribution in [1.82, 2.24) is 4.98 Å². The zero-order valence-electron chi connectivity index (χ0n) is 11.7. The van der Waals surface area contributed by atoms with E-state index < -0.39 is 0 Å². The van der Waals surface area contributed by atoms with Gasteiger partial charge in [0, 0.05) is 31.5 Å². The summed E-state index contributed by atoms with van der Waals surface area (Å²) in [7, 11) is 1.68. The highest BCUT2D eigenvalue weighted by Gasteiger charge is 2.15. The van der Waals surface area contributed by atoms with E-state index in [0.29, 0.717) is 18.2 Å². The molecule has 0 radical (unpaired) electrons. The highest BCUT2D eigenvalue weighted by atomic mass is 16.5. The highest BCUT2D eigenvalue weighted by Crippen LogP contribution is 2.17. The average Bonchev–Trinajstić information content (AvgIpc) is 2.46. The first kappa shape index (κ1) is 15.2. The minimum absolute atomic E-state index is 0.0829. The smallest absolute Gasteiger partial charge is 0.170 e. The van der Waals surface area contributed by atoms with Gasteiger partial charge in [-0.25, -0.2) is 4.98 Å². The summed E-state index contributed by atoms with van der Waals surface area (Å²) in [6.45, 7) is 5.63. The van der Waals surface area contributed by atoms with Gasteiger partial charge in [-0.1, -0.05) is 12.1 Å². The highest BCUT2D eigenvalue weighted by molar-refractivity contribution is 5.97. The summed E-state index contributed by atoms with van der Waals surface area (Å²) in [5.74, 6) is 0.884. The van der Waals surface area contributed by atoms with E-state index in [-0.39, 0.29) is 5.84 Å². The third-order valence-electron chi connectivity index (χ3n) is 3.10. The number of rotatable bonds is 7. The number of nitrogens with zero attached hydrogens (tertiary/aromatic N) is 3. The molecule has 1 unspecified atom stereocenters. The number of anilines is 1. The molecular formula is C13H22N4O2. The van der Waals surface area contributed by atoms with E-state index in [4.69, 9.17) is 15.7 Å². The van der Waals surface area contributed by atoms with Crippen molar-refractivity contribution in [2.45, 2.75) is 26.3 Å². The van der Waals surface area contributed by atoms with Crippen molar-refractivity contribution in [3.63, 3.8) is 0 Å². The van der Waals surface area contributed by atoms with Crippen LogP contribution in [0.3, 0.4) is 0 Å². The molecule has 1 aromatic rings. The predicted molar refractivity (Wildman–Crippen MR) is 75.7 cm³/mol. The second-order valence-corrected chi connectivity index (χ2v) is 4.33. The van der Waals surface area contributed by atoms with Crippen molar-refractivity contribution < 1.29 is 9.94 Å². The fourth-order valence-corrected chi connectivity index (χ4v) is 1.76. The maximum absolute atomic E-state index is 8.72. The molecule has 6 nitrogen and oxygen atoms in total. The number of methoxy groups -OCH3 is 1. The zero-order valence-corrected chi connectivity index (χ0v) is 11.7. The molecule has 0 saturated carbocycles. The van der Waals surface area contributed by atoms with Gasteiger partial charge in [-0.3, -0.25) is 0 Å². The van der Waals surface area contributed by atoms with Gasteiger partial charge in [-0.15, -0.1) is 0 Å². The van der Waals surface area contributed by atoms with E-state index in [9.17, 15) is 0 Å². The first-order chi connectivity index (χ1) is 9.13. The molecule has 0 amide bonds. The van der Waals surface area contributed by atoms with E-state index in [1.165, 1.54) is 0 Å². The number of nitrogens with two attached hydrogens (primary N) is 1. The van der Waals surface area contributed by atoms with Crippen LogP contribution in [0.25, 0.3) is 0 Å². The Kier molecular flexibility index (Phi) is 6.08. The van der Waals surface area contributed by atoms with Gasteiger partial charge >= 0.3 is 0 Å². The minimum atomic E-state index is 0.0829. The molecule has 1 heterocycles. The van der Waals surface area contributed by atoms with Gasteiger partial charge in [-0.2, -0.15) is 0 Å². The van der Waals surface area contributed by atoms with Crippen LogP contribution in [0.5, 0.6) is 0 Å². The molecule has 19 heavy (non-hydrogen) atoms. The molecule has 0 fully saturated rings. The Morgan fingerprint density at radius 2 is 2.37 bits per heavy atom. The van der Waals surface area contributed by atoms with E-state index in [1.54, 1.807) is 19.4 Å². The van der Waals surface area contributed by atoms with Gasteiger partial charge in [0.1, 0.15) is 5.82 Å². The van der Waals surface area contributed by atoms with Gasteiger partial charge in [-0.05, 0) is 25.5 Å². The summed E-state index contributed by atoms with van der Waals surface area (Å²) in [5, 5.41) is 11.7. The molecule has 0 aromatic carbocycles. The number of oxime groups is 1. The van der Waals surface area contributed by atoms with Gasteiger partial charge in [0.25, 0.3) is 0 Å². The molecule has 0 bridgehead atoms. The fourth-order valence-electron chi connectivity index (χ4n) is 1.76. The van der Waals surface area contributed by atoms with Gasteiger partial charge in [0.2, 0.25) is 0 Å². The van der Waals surface area contributed by atoms with Crippen molar-refractivity contribution in [3.05, 3.63) is 23.9 Å². The van der Waals surface area contributed by atoms with Crippen LogP contribution >= 0.6 is 0 Å². The molecule has 0 aliphatic heterocycles. The van der Waals surface area contributed by atoms with Crippen LogP contribution in [0, 0.1) is 0 Å². The van der Waals surface area contributed by atoms with Gasteiger partial charge < -0.3 is 20.6 Å². The Balaban J connectivity index is 3.01. The number of pyridine rings is 1. The van der Waals surface area contributed by atoms with Crippen molar-refractivity contribution in [3.8, 4) is 0 Å². The molecule has 0 spiro atoms. The molecule has 6 heteroatoms. The molecule has 0 aliphatic rings. The second kappa shape index (κ2) is 7.58. The number of amidine groups is 1. The molecule has 3 N–H and O–H groups in total. The van der Waals surface area contributed by atoms with E-state index in [2.05, 4.69) is 28.9 Å². The second-order valence-electron chi connectivity index (χ2n) is 4.33. The summed E-state index contributed by atoms with van der Waals surface area (Å²) >= 11 is 0. The molecule has 0 aliphatic carbocycles. The van der Waals surface area contributed by atoms with Gasteiger partial charge in [0.15, 0.2) is 5.84 Å². The third-order valence-corrected chi connectivity index (χ3v) is 3.10. The molecule has 106 valence electrons. The Hall–Kier alpha value is -1.82. The molecule has 0 saturated heterocycles. The standard InChI is InChI=1S/C13H22N4O2/c1-4-10(2)17(7-8-19-3)12-9-11(5-6-15-12)13(14)16-18/h5-6,9-10,18H,4,7-8H2,1-3H3,(H2,14,16). The number of aromatic nitrogens is 1. The number of hydrogen-bond acceptors (Lipinski definition) is 5. The predicted octanol–water partition coefficient (Wildman–Crippen LogP) is 1.43. The van der Waals surface area contributed by atoms with Crippen LogP contribution in [-0.4, -0.2) is 42.3 Å². The molecule has 1 rings (SSSR count). The fraction of sp³-hybridized carbons (Fsp3) is 0.538. The Morgan fingerprint density at radius 1 is 1.63 bits per heavy atom. The lowest BCUT2D eigenvalue weighted by atomic mass is 10.2. The number of hydrogen-bond donors (Lipinski definition) is 2. The third kappa shape index (κ3) is 4.10. The van der Waals surface area contributed by atoms with Crippen molar-refractivity contribution in [1.29, 1.82) is 0 Å². The number of ether oxygens (including phenoxy) is 1. The lowest BCUT2D eigenvalue weighted by molar-refractivity contribution is 0.203. The van der Waals surface area contributed by atoms with E-state index in [1.807, 2.05) is 6.07 Å². The zero-order chi connectivity index (χ0) is 14.3. The summed E-state index contributed by atoms with van der Waals surface area (Å²) in [6.07, 6.45) is 2.66. The topological polar surface area (TPSA) is 84.0 Å². The summed E-state index contributed by atoms with van der Waals surface area (Å²) in [4.78, 5) is 6.51.